The first-order chi connectivity index (χ1) is 19.7. The third-order valence-corrected chi connectivity index (χ3v) is 7.63. The van der Waals surface area contributed by atoms with Gasteiger partial charge in [-0.1, -0.05) is 0 Å². The van der Waals surface area contributed by atoms with E-state index in [1.54, 1.807) is 6.92 Å². The molecule has 5 N–H and O–H groups in total. The molecule has 2 aliphatic rings. The van der Waals surface area contributed by atoms with Crippen LogP contribution in [0.4, 0.5) is 13.2 Å². The molecule has 0 saturated carbocycles. The molecule has 4 atom stereocenters. The zero-order valence-electron chi connectivity index (χ0n) is 22.8. The van der Waals surface area contributed by atoms with Crippen molar-refractivity contribution in [2.45, 2.75) is 88.6 Å². The second-order valence-electron chi connectivity index (χ2n) is 10.2. The van der Waals surface area contributed by atoms with E-state index in [9.17, 15) is 47.0 Å². The third kappa shape index (κ3) is 9.66. The van der Waals surface area contributed by atoms with Crippen molar-refractivity contribution >= 4 is 46.8 Å². The average molecular weight is 619 g/mol. The minimum atomic E-state index is -4.58. The molecular formula is C25H33F3N6O7S. The number of nitrogens with one attached hydrogen (secondary N) is 4. The summed E-state index contributed by atoms with van der Waals surface area (Å²) < 4.78 is 38.0. The van der Waals surface area contributed by atoms with Crippen LogP contribution in [0.25, 0.3) is 0 Å². The van der Waals surface area contributed by atoms with Crippen LogP contribution in [0.5, 0.6) is 0 Å². The van der Waals surface area contributed by atoms with Gasteiger partial charge in [-0.15, -0.1) is 11.3 Å². The highest BCUT2D eigenvalue weighted by atomic mass is 32.1. The number of hydrogen-bond donors (Lipinski definition) is 5. The summed E-state index contributed by atoms with van der Waals surface area (Å²) in [4.78, 5) is 81.3. The molecule has 2 fully saturated rings. The monoisotopic (exact) mass is 618 g/mol. The fourth-order valence-corrected chi connectivity index (χ4v) is 5.32. The van der Waals surface area contributed by atoms with Crippen molar-refractivity contribution in [2.24, 2.45) is 0 Å². The SMILES string of the molecule is Cc1nc(C(=O)N[C@@H]2C[C@H]3C(=O)N[C@H](C(=O)O)CCC(=O)NCCCC[C@H](NC(=O)CCC(F)(F)F)C(=O)N3C2)cs1. The van der Waals surface area contributed by atoms with Gasteiger partial charge in [0.25, 0.3) is 5.91 Å². The number of aliphatic carboxylic acids is 1. The Morgan fingerprint density at radius 1 is 1.17 bits per heavy atom. The van der Waals surface area contributed by atoms with Crippen LogP contribution in [-0.4, -0.2) is 93.9 Å². The molecule has 0 radical (unpaired) electrons. The van der Waals surface area contributed by atoms with E-state index in [-0.39, 0.29) is 44.5 Å². The number of nitrogens with zero attached hydrogens (tertiary/aromatic N) is 2. The van der Waals surface area contributed by atoms with Gasteiger partial charge in [-0.25, -0.2) is 9.78 Å². The van der Waals surface area contributed by atoms with Crippen LogP contribution in [0.2, 0.25) is 0 Å². The lowest BCUT2D eigenvalue weighted by Crippen LogP contribution is -2.55. The van der Waals surface area contributed by atoms with E-state index in [4.69, 9.17) is 0 Å². The molecule has 1 aromatic rings. The number of carboxylic acid groups (broad SMARTS) is 1. The highest BCUT2D eigenvalue weighted by molar-refractivity contribution is 7.09. The zero-order valence-corrected chi connectivity index (χ0v) is 23.6. The van der Waals surface area contributed by atoms with Gasteiger partial charge in [0.15, 0.2) is 0 Å². The lowest BCUT2D eigenvalue weighted by atomic mass is 10.1. The van der Waals surface area contributed by atoms with Gasteiger partial charge >= 0.3 is 12.1 Å². The lowest BCUT2D eigenvalue weighted by Gasteiger charge is -2.29. The van der Waals surface area contributed by atoms with E-state index >= 15 is 0 Å². The predicted molar refractivity (Wildman–Crippen MR) is 141 cm³/mol. The second kappa shape index (κ2) is 14.4. The molecule has 1 aromatic heterocycles. The summed E-state index contributed by atoms with van der Waals surface area (Å²) in [7, 11) is 0. The number of hydrogen-bond acceptors (Lipinski definition) is 8. The molecule has 3 heterocycles. The summed E-state index contributed by atoms with van der Waals surface area (Å²) in [6, 6.07) is -4.77. The molecule has 42 heavy (non-hydrogen) atoms. The second-order valence-corrected chi connectivity index (χ2v) is 11.2. The number of aromatic nitrogens is 1. The summed E-state index contributed by atoms with van der Waals surface area (Å²) in [6.07, 6.45) is -6.71. The normalized spacial score (nSPS) is 24.5. The number of rotatable bonds is 6. The van der Waals surface area contributed by atoms with Crippen molar-refractivity contribution in [3.8, 4) is 0 Å². The fourth-order valence-electron chi connectivity index (χ4n) is 4.73. The molecular weight excluding hydrogens is 585 g/mol. The van der Waals surface area contributed by atoms with Gasteiger partial charge < -0.3 is 31.3 Å². The summed E-state index contributed by atoms with van der Waals surface area (Å²) in [5.74, 6) is -5.01. The Kier molecular flexibility index (Phi) is 11.2. The number of fused-ring (bicyclic) bond motifs is 1. The molecule has 13 nitrogen and oxygen atoms in total. The van der Waals surface area contributed by atoms with Gasteiger partial charge in [-0.2, -0.15) is 13.2 Å². The average Bonchev–Trinajstić information content (AvgIpc) is 3.53. The highest BCUT2D eigenvalue weighted by Gasteiger charge is 2.43. The van der Waals surface area contributed by atoms with Crippen LogP contribution in [0.1, 0.15) is 66.9 Å². The molecule has 0 aliphatic carbocycles. The molecule has 0 bridgehead atoms. The van der Waals surface area contributed by atoms with E-state index in [2.05, 4.69) is 26.3 Å². The Morgan fingerprint density at radius 2 is 1.90 bits per heavy atom. The summed E-state index contributed by atoms with van der Waals surface area (Å²) in [5.41, 5.74) is 0.136. The maximum Gasteiger partial charge on any atom is 0.389 e. The van der Waals surface area contributed by atoms with Crippen LogP contribution >= 0.6 is 11.3 Å². The van der Waals surface area contributed by atoms with Crippen LogP contribution in [0, 0.1) is 6.92 Å². The van der Waals surface area contributed by atoms with Gasteiger partial charge in [-0.3, -0.25) is 24.0 Å². The summed E-state index contributed by atoms with van der Waals surface area (Å²) in [5, 5.41) is 21.8. The van der Waals surface area contributed by atoms with Gasteiger partial charge in [0.1, 0.15) is 23.8 Å². The number of carbonyl (C=O) groups excluding carboxylic acids is 5. The first-order valence-corrected chi connectivity index (χ1v) is 14.3. The van der Waals surface area contributed by atoms with Crippen molar-refractivity contribution in [3.63, 3.8) is 0 Å². The Bertz CT molecular complexity index is 1190. The molecule has 0 spiro atoms. The van der Waals surface area contributed by atoms with Crippen molar-refractivity contribution < 1.29 is 47.0 Å². The Morgan fingerprint density at radius 3 is 2.55 bits per heavy atom. The van der Waals surface area contributed by atoms with E-state index in [1.165, 1.54) is 16.7 Å². The number of thiazole rings is 1. The van der Waals surface area contributed by atoms with E-state index < -0.39 is 78.7 Å². The van der Waals surface area contributed by atoms with Gasteiger partial charge in [-0.05, 0) is 39.0 Å². The van der Waals surface area contributed by atoms with E-state index in [0.29, 0.717) is 17.8 Å². The number of amides is 5. The Balaban J connectivity index is 1.86. The highest BCUT2D eigenvalue weighted by Crippen LogP contribution is 2.24. The van der Waals surface area contributed by atoms with Crippen LogP contribution < -0.4 is 21.3 Å². The summed E-state index contributed by atoms with van der Waals surface area (Å²) in [6.45, 7) is 1.71. The van der Waals surface area contributed by atoms with Crippen molar-refractivity contribution in [2.75, 3.05) is 13.1 Å². The minimum absolute atomic E-state index is 0.00414. The topological polar surface area (TPSA) is 187 Å². The van der Waals surface area contributed by atoms with Crippen LogP contribution in [0.3, 0.4) is 0 Å². The predicted octanol–water partition coefficient (Wildman–Crippen LogP) is 0.628. The number of alkyl halides is 3. The maximum atomic E-state index is 13.7. The summed E-state index contributed by atoms with van der Waals surface area (Å²) >= 11 is 1.25. The minimum Gasteiger partial charge on any atom is -0.480 e. The first-order valence-electron chi connectivity index (χ1n) is 13.4. The zero-order chi connectivity index (χ0) is 31.0. The smallest absolute Gasteiger partial charge is 0.389 e. The Hall–Kier alpha value is -3.76. The number of carboxylic acids is 1. The third-order valence-electron chi connectivity index (χ3n) is 6.86. The first kappa shape index (κ1) is 32.8. The number of carbonyl (C=O) groups is 6. The number of aryl methyl sites for hydroxylation is 1. The standard InChI is InChI=1S/C25H33F3N6O7S/c1-13-30-17(12-42-13)21(37)31-14-10-18-22(38)33-16(24(40)41)5-6-19(35)29-9-3-2-4-15(23(39)34(18)11-14)32-20(36)7-8-25(26,27)28/h12,14-16,18H,2-11H2,1H3,(H,29,35)(H,31,37)(H,32,36)(H,33,38)(H,40,41)/t14-,15+,16+,18+/m1/s1. The fraction of sp³-hybridized carbons (Fsp3) is 0.640. The van der Waals surface area contributed by atoms with Gasteiger partial charge in [0.05, 0.1) is 11.4 Å². The van der Waals surface area contributed by atoms with Gasteiger partial charge in [0, 0.05) is 37.4 Å². The van der Waals surface area contributed by atoms with E-state index in [0.717, 1.165) is 4.90 Å². The lowest BCUT2D eigenvalue weighted by molar-refractivity contribution is -0.147. The van der Waals surface area contributed by atoms with Crippen molar-refractivity contribution in [1.29, 1.82) is 0 Å². The van der Waals surface area contributed by atoms with Crippen molar-refractivity contribution in [1.82, 2.24) is 31.2 Å². The Labute approximate surface area is 243 Å². The molecule has 5 amide bonds. The van der Waals surface area contributed by atoms with Crippen molar-refractivity contribution in [3.05, 3.63) is 16.1 Å². The molecule has 3 rings (SSSR count). The van der Waals surface area contributed by atoms with Crippen LogP contribution in [0.15, 0.2) is 5.38 Å². The maximum absolute atomic E-state index is 13.7. The molecule has 17 heteroatoms. The molecule has 232 valence electrons. The number of halogens is 3. The molecule has 2 aliphatic heterocycles. The largest absolute Gasteiger partial charge is 0.480 e. The quantitative estimate of drug-likeness (QED) is 0.307. The van der Waals surface area contributed by atoms with E-state index in [1.807, 2.05) is 0 Å². The molecule has 2 saturated heterocycles. The molecule has 0 unspecified atom stereocenters. The molecule has 0 aromatic carbocycles. The van der Waals surface area contributed by atoms with Gasteiger partial charge in [0.2, 0.25) is 23.6 Å². The van der Waals surface area contributed by atoms with Crippen LogP contribution in [-0.2, 0) is 24.0 Å².